The fourth-order valence-electron chi connectivity index (χ4n) is 5.66. The van der Waals surface area contributed by atoms with E-state index in [-0.39, 0.29) is 23.5 Å². The third-order valence-corrected chi connectivity index (χ3v) is 7.33. The third kappa shape index (κ3) is 4.29. The average molecular weight is 457 g/mol. The summed E-state index contributed by atoms with van der Waals surface area (Å²) < 4.78 is 6.32. The number of hydrogen-bond donors (Lipinski definition) is 0. The molecule has 176 valence electrons. The smallest absolute Gasteiger partial charge is 0.261 e. The minimum atomic E-state index is -0.437. The molecule has 0 unspecified atom stereocenters. The van der Waals surface area contributed by atoms with Gasteiger partial charge >= 0.3 is 0 Å². The fourth-order valence-corrected chi connectivity index (χ4v) is 5.66. The van der Waals surface area contributed by atoms with Crippen molar-refractivity contribution >= 4 is 11.8 Å². The van der Waals surface area contributed by atoms with Crippen molar-refractivity contribution in [3.8, 4) is 11.8 Å². The van der Waals surface area contributed by atoms with Crippen molar-refractivity contribution in [1.29, 1.82) is 0 Å². The number of hydrogen-bond acceptors (Lipinski definition) is 4. The van der Waals surface area contributed by atoms with Gasteiger partial charge in [-0.1, -0.05) is 48.2 Å². The molecule has 0 bridgehead atoms. The highest BCUT2D eigenvalue weighted by Crippen LogP contribution is 2.35. The quantitative estimate of drug-likeness (QED) is 0.499. The molecule has 2 aromatic rings. The maximum absolute atomic E-state index is 13.1. The third-order valence-electron chi connectivity index (χ3n) is 7.33. The van der Waals surface area contributed by atoms with E-state index in [4.69, 9.17) is 4.74 Å². The van der Waals surface area contributed by atoms with Gasteiger partial charge in [0.2, 0.25) is 0 Å². The van der Waals surface area contributed by atoms with Crippen LogP contribution in [-0.4, -0.2) is 52.5 Å². The molecule has 2 atom stereocenters. The number of benzene rings is 2. The van der Waals surface area contributed by atoms with Crippen LogP contribution in [0.15, 0.2) is 48.5 Å². The van der Waals surface area contributed by atoms with E-state index in [1.807, 2.05) is 6.07 Å². The minimum Gasteiger partial charge on any atom is -0.357 e. The second-order valence-corrected chi connectivity index (χ2v) is 10.4. The lowest BCUT2D eigenvalue weighted by Gasteiger charge is -2.40. The molecule has 2 aromatic carbocycles. The summed E-state index contributed by atoms with van der Waals surface area (Å²) in [6.07, 6.45) is 4.02. The zero-order valence-corrected chi connectivity index (χ0v) is 20.3. The first-order valence-corrected chi connectivity index (χ1v) is 12.2. The zero-order chi connectivity index (χ0) is 23.9. The van der Waals surface area contributed by atoms with Crippen molar-refractivity contribution in [2.24, 2.45) is 0 Å². The second kappa shape index (κ2) is 8.69. The van der Waals surface area contributed by atoms with E-state index in [1.54, 1.807) is 24.3 Å². The number of rotatable bonds is 3. The van der Waals surface area contributed by atoms with E-state index >= 15 is 0 Å². The molecule has 3 heterocycles. The molecular formula is C29H32N2O3. The number of carbonyl (C=O) groups is 2. The van der Waals surface area contributed by atoms with Crippen LogP contribution in [-0.2, 0) is 11.2 Å². The van der Waals surface area contributed by atoms with Gasteiger partial charge in [0.25, 0.3) is 11.8 Å². The predicted octanol–water partition coefficient (Wildman–Crippen LogP) is 4.62. The molecule has 0 aliphatic carbocycles. The van der Waals surface area contributed by atoms with Crippen molar-refractivity contribution in [2.75, 3.05) is 19.6 Å². The van der Waals surface area contributed by atoms with Crippen LogP contribution in [0.2, 0.25) is 0 Å². The van der Waals surface area contributed by atoms with Crippen LogP contribution >= 0.6 is 0 Å². The number of carbonyl (C=O) groups excluding carboxylic acids is 2. The Morgan fingerprint density at radius 3 is 2.35 bits per heavy atom. The average Bonchev–Trinajstić information content (AvgIpc) is 3.04. The maximum atomic E-state index is 13.1. The number of amides is 2. The Balaban J connectivity index is 1.39. The van der Waals surface area contributed by atoms with Gasteiger partial charge < -0.3 is 4.74 Å². The van der Waals surface area contributed by atoms with Crippen LogP contribution in [0.1, 0.15) is 77.9 Å². The molecule has 0 aromatic heterocycles. The molecule has 5 rings (SSSR count). The minimum absolute atomic E-state index is 0.0852. The number of ether oxygens (including phenoxy) is 1. The summed E-state index contributed by atoms with van der Waals surface area (Å²) in [5, 5.41) is 0. The summed E-state index contributed by atoms with van der Waals surface area (Å²) in [6.45, 7) is 8.08. The molecule has 0 radical (unpaired) electrons. The fraction of sp³-hybridized carbons (Fsp3) is 0.448. The molecule has 0 spiro atoms. The lowest BCUT2D eigenvalue weighted by molar-refractivity contribution is -0.135. The molecule has 34 heavy (non-hydrogen) atoms. The molecule has 0 saturated carbocycles. The molecule has 1 fully saturated rings. The van der Waals surface area contributed by atoms with Crippen LogP contribution in [0.4, 0.5) is 0 Å². The first-order valence-electron chi connectivity index (χ1n) is 12.2. The predicted molar refractivity (Wildman–Crippen MR) is 131 cm³/mol. The molecule has 5 heteroatoms. The van der Waals surface area contributed by atoms with Gasteiger partial charge in [-0.05, 0) is 69.7 Å². The van der Waals surface area contributed by atoms with Crippen LogP contribution in [0.5, 0.6) is 0 Å². The monoisotopic (exact) mass is 456 g/mol. The Morgan fingerprint density at radius 1 is 0.971 bits per heavy atom. The molecule has 1 saturated heterocycles. The van der Waals surface area contributed by atoms with Crippen LogP contribution in [0.25, 0.3) is 0 Å². The van der Waals surface area contributed by atoms with Crippen LogP contribution in [0.3, 0.4) is 0 Å². The first kappa shape index (κ1) is 22.8. The summed E-state index contributed by atoms with van der Waals surface area (Å²) >= 11 is 0. The van der Waals surface area contributed by atoms with Crippen molar-refractivity contribution in [3.05, 3.63) is 70.8 Å². The summed E-state index contributed by atoms with van der Waals surface area (Å²) in [6, 6.07) is 15.3. The molecule has 3 aliphatic heterocycles. The Hall–Kier alpha value is -2.94. The molecule has 3 aliphatic rings. The highest BCUT2D eigenvalue weighted by atomic mass is 16.5. The number of imide groups is 1. The van der Waals surface area contributed by atoms with E-state index < -0.39 is 5.60 Å². The summed E-state index contributed by atoms with van der Waals surface area (Å²) in [5.41, 5.74) is 2.85. The van der Waals surface area contributed by atoms with E-state index in [0.717, 1.165) is 32.2 Å². The van der Waals surface area contributed by atoms with E-state index in [2.05, 4.69) is 55.7 Å². The van der Waals surface area contributed by atoms with E-state index in [1.165, 1.54) is 16.0 Å². The summed E-state index contributed by atoms with van der Waals surface area (Å²) in [5.74, 6) is 6.38. The van der Waals surface area contributed by atoms with Crippen molar-refractivity contribution in [1.82, 2.24) is 9.80 Å². The molecule has 2 amide bonds. The lowest BCUT2D eigenvalue weighted by Crippen LogP contribution is -2.44. The van der Waals surface area contributed by atoms with Crippen LogP contribution in [0, 0.1) is 11.8 Å². The van der Waals surface area contributed by atoms with Gasteiger partial charge in [-0.15, -0.1) is 0 Å². The molecule has 0 N–H and O–H groups in total. The second-order valence-electron chi connectivity index (χ2n) is 10.4. The van der Waals surface area contributed by atoms with Gasteiger partial charge in [0, 0.05) is 13.1 Å². The van der Waals surface area contributed by atoms with E-state index in [9.17, 15) is 9.59 Å². The lowest BCUT2D eigenvalue weighted by atomic mass is 9.88. The van der Waals surface area contributed by atoms with Crippen molar-refractivity contribution in [2.45, 2.75) is 63.7 Å². The Morgan fingerprint density at radius 2 is 1.65 bits per heavy atom. The maximum Gasteiger partial charge on any atom is 0.261 e. The first-order chi connectivity index (χ1) is 16.3. The highest BCUT2D eigenvalue weighted by Gasteiger charge is 2.39. The van der Waals surface area contributed by atoms with Gasteiger partial charge in [0.15, 0.2) is 0 Å². The van der Waals surface area contributed by atoms with Gasteiger partial charge in [-0.25, -0.2) is 0 Å². The van der Waals surface area contributed by atoms with Crippen molar-refractivity contribution < 1.29 is 14.3 Å². The summed E-state index contributed by atoms with van der Waals surface area (Å²) in [4.78, 5) is 29.8. The highest BCUT2D eigenvalue weighted by molar-refractivity contribution is 6.21. The van der Waals surface area contributed by atoms with Crippen LogP contribution < -0.4 is 0 Å². The summed E-state index contributed by atoms with van der Waals surface area (Å²) in [7, 11) is 0. The van der Waals surface area contributed by atoms with Gasteiger partial charge in [-0.2, -0.15) is 0 Å². The SMILES string of the molecule is CC1(C)CCC[C@@](C)(C#CCN2CCc3ccccc3[C@H]2CN2C(=O)c3ccccc3C2=O)O1. The zero-order valence-electron chi connectivity index (χ0n) is 20.3. The Kier molecular flexibility index (Phi) is 5.83. The topological polar surface area (TPSA) is 49.9 Å². The van der Waals surface area contributed by atoms with E-state index in [0.29, 0.717) is 24.2 Å². The van der Waals surface area contributed by atoms with Gasteiger partial charge in [0.1, 0.15) is 5.60 Å². The number of fused-ring (bicyclic) bond motifs is 2. The standard InChI is InChI=1S/C29H32N2O3/c1-28(2)15-8-16-29(3,34-28)17-9-18-30-19-14-21-10-4-5-11-22(21)25(30)20-31-26(32)23-12-6-7-13-24(23)27(31)33/h4-7,10-13,25H,8,14-16,18-20H2,1-3H3/t25-,29+/m1/s1. The Bertz CT molecular complexity index is 1160. The molecular weight excluding hydrogens is 424 g/mol. The van der Waals surface area contributed by atoms with Gasteiger partial charge in [-0.3, -0.25) is 19.4 Å². The number of nitrogens with zero attached hydrogens (tertiary/aromatic N) is 2. The van der Waals surface area contributed by atoms with Gasteiger partial charge in [0.05, 0.1) is 29.3 Å². The largest absolute Gasteiger partial charge is 0.357 e. The Labute approximate surface area is 202 Å². The normalized spacial score (nSPS) is 26.0. The van der Waals surface area contributed by atoms with Crippen molar-refractivity contribution in [3.63, 3.8) is 0 Å². The molecule has 5 nitrogen and oxygen atoms in total.